The lowest BCUT2D eigenvalue weighted by molar-refractivity contribution is 0.0757. The van der Waals surface area contributed by atoms with Gasteiger partial charge in [-0.05, 0) is 37.6 Å². The van der Waals surface area contributed by atoms with Crippen molar-refractivity contribution in [3.8, 4) is 0 Å². The maximum atomic E-state index is 12.2. The fraction of sp³-hybridized carbons (Fsp3) is 0.417. The summed E-state index contributed by atoms with van der Waals surface area (Å²) in [5.74, 6) is 0.0666. The Bertz CT molecular complexity index is 393. The first kappa shape index (κ1) is 13.7. The zero-order valence-electron chi connectivity index (χ0n) is 9.63. The number of carbonyl (C=O) groups is 1. The molecule has 0 aliphatic heterocycles. The summed E-state index contributed by atoms with van der Waals surface area (Å²) in [7, 11) is 1.83. The molecular formula is C12H15Br2NO. The van der Waals surface area contributed by atoms with Crippen molar-refractivity contribution in [3.05, 3.63) is 33.8 Å². The third-order valence-electron chi connectivity index (χ3n) is 2.62. The molecule has 0 aliphatic rings. The van der Waals surface area contributed by atoms with E-state index in [0.29, 0.717) is 0 Å². The van der Waals surface area contributed by atoms with Crippen LogP contribution in [0.15, 0.2) is 22.7 Å². The first-order valence-corrected chi connectivity index (χ1v) is 6.98. The third kappa shape index (κ3) is 3.08. The molecule has 1 aromatic rings. The topological polar surface area (TPSA) is 20.3 Å². The van der Waals surface area contributed by atoms with Crippen LogP contribution >= 0.6 is 31.9 Å². The van der Waals surface area contributed by atoms with E-state index in [9.17, 15) is 4.79 Å². The number of nitrogens with zero attached hydrogens (tertiary/aromatic N) is 1. The second kappa shape index (κ2) is 5.82. The summed E-state index contributed by atoms with van der Waals surface area (Å²) >= 11 is 6.78. The predicted molar refractivity (Wildman–Crippen MR) is 74.2 cm³/mol. The van der Waals surface area contributed by atoms with Crippen LogP contribution < -0.4 is 0 Å². The Balaban J connectivity index is 2.96. The molecule has 0 spiro atoms. The molecule has 1 aromatic carbocycles. The average molecular weight is 349 g/mol. The van der Waals surface area contributed by atoms with E-state index in [-0.39, 0.29) is 11.9 Å². The van der Waals surface area contributed by atoms with Crippen LogP contribution in [0.25, 0.3) is 0 Å². The molecule has 1 rings (SSSR count). The normalized spacial score (nSPS) is 12.3. The second-order valence-electron chi connectivity index (χ2n) is 3.88. The van der Waals surface area contributed by atoms with Crippen LogP contribution in [-0.4, -0.2) is 29.2 Å². The number of aryl methyl sites for hydroxylation is 1. The monoisotopic (exact) mass is 347 g/mol. The van der Waals surface area contributed by atoms with Crippen molar-refractivity contribution in [1.29, 1.82) is 0 Å². The van der Waals surface area contributed by atoms with Crippen molar-refractivity contribution in [3.63, 3.8) is 0 Å². The van der Waals surface area contributed by atoms with Gasteiger partial charge in [0.2, 0.25) is 0 Å². The van der Waals surface area contributed by atoms with Gasteiger partial charge >= 0.3 is 0 Å². The molecule has 0 radical (unpaired) electrons. The summed E-state index contributed by atoms with van der Waals surface area (Å²) in [5, 5.41) is 0.783. The lowest BCUT2D eigenvalue weighted by Crippen LogP contribution is -2.36. The summed E-state index contributed by atoms with van der Waals surface area (Å²) in [6.07, 6.45) is 0. The van der Waals surface area contributed by atoms with Gasteiger partial charge in [0.05, 0.1) is 0 Å². The molecule has 1 unspecified atom stereocenters. The Labute approximate surface area is 113 Å². The average Bonchev–Trinajstić information content (AvgIpc) is 2.26. The molecule has 0 aromatic heterocycles. The van der Waals surface area contributed by atoms with Crippen LogP contribution in [0, 0.1) is 6.92 Å². The summed E-state index contributed by atoms with van der Waals surface area (Å²) in [6.45, 7) is 3.96. The molecule has 0 N–H and O–H groups in total. The van der Waals surface area contributed by atoms with Crippen LogP contribution in [0.4, 0.5) is 0 Å². The predicted octanol–water partition coefficient (Wildman–Crippen LogP) is 3.61. The Morgan fingerprint density at radius 1 is 1.50 bits per heavy atom. The quantitative estimate of drug-likeness (QED) is 0.764. The number of rotatable bonds is 3. The highest BCUT2D eigenvalue weighted by Gasteiger charge is 2.18. The lowest BCUT2D eigenvalue weighted by atomic mass is 10.1. The zero-order valence-corrected chi connectivity index (χ0v) is 12.8. The Morgan fingerprint density at radius 3 is 2.62 bits per heavy atom. The number of halogens is 2. The van der Waals surface area contributed by atoms with Gasteiger partial charge in [0.15, 0.2) is 0 Å². The van der Waals surface area contributed by atoms with Crippen molar-refractivity contribution >= 4 is 37.8 Å². The summed E-state index contributed by atoms with van der Waals surface area (Å²) in [5.41, 5.74) is 1.76. The molecule has 0 aliphatic carbocycles. The van der Waals surface area contributed by atoms with Gasteiger partial charge < -0.3 is 4.90 Å². The Morgan fingerprint density at radius 2 is 2.12 bits per heavy atom. The SMILES string of the molecule is Cc1cc(Br)ccc1C(=O)N(C)C(C)CBr. The summed E-state index contributed by atoms with van der Waals surface area (Å²) in [4.78, 5) is 13.9. The zero-order chi connectivity index (χ0) is 12.3. The van der Waals surface area contributed by atoms with Crippen LogP contribution in [0.2, 0.25) is 0 Å². The van der Waals surface area contributed by atoms with Crippen LogP contribution in [0.3, 0.4) is 0 Å². The highest BCUT2D eigenvalue weighted by atomic mass is 79.9. The molecule has 1 atom stereocenters. The van der Waals surface area contributed by atoms with Gasteiger partial charge in [-0.25, -0.2) is 0 Å². The van der Waals surface area contributed by atoms with Crippen molar-refractivity contribution < 1.29 is 4.79 Å². The molecule has 0 saturated heterocycles. The van der Waals surface area contributed by atoms with E-state index < -0.39 is 0 Å². The minimum atomic E-state index is 0.0666. The standard InChI is InChI=1S/C12H15Br2NO/c1-8-6-10(14)4-5-11(8)12(16)15(3)9(2)7-13/h4-6,9H,7H2,1-3H3. The number of alkyl halides is 1. The lowest BCUT2D eigenvalue weighted by Gasteiger charge is -2.24. The molecule has 16 heavy (non-hydrogen) atoms. The van der Waals surface area contributed by atoms with Gasteiger partial charge in [-0.1, -0.05) is 31.9 Å². The maximum Gasteiger partial charge on any atom is 0.254 e. The fourth-order valence-corrected chi connectivity index (χ4v) is 2.27. The fourth-order valence-electron chi connectivity index (χ4n) is 1.36. The first-order valence-electron chi connectivity index (χ1n) is 5.06. The minimum Gasteiger partial charge on any atom is -0.338 e. The van der Waals surface area contributed by atoms with E-state index in [2.05, 4.69) is 31.9 Å². The smallest absolute Gasteiger partial charge is 0.254 e. The van der Waals surface area contributed by atoms with Gasteiger partial charge in [0.25, 0.3) is 5.91 Å². The maximum absolute atomic E-state index is 12.2. The van der Waals surface area contributed by atoms with Crippen LogP contribution in [-0.2, 0) is 0 Å². The first-order chi connectivity index (χ1) is 7.47. The largest absolute Gasteiger partial charge is 0.338 e. The van der Waals surface area contributed by atoms with Crippen molar-refractivity contribution in [2.24, 2.45) is 0 Å². The van der Waals surface area contributed by atoms with E-state index >= 15 is 0 Å². The van der Waals surface area contributed by atoms with E-state index in [1.165, 1.54) is 0 Å². The summed E-state index contributed by atoms with van der Waals surface area (Å²) in [6, 6.07) is 5.90. The van der Waals surface area contributed by atoms with Gasteiger partial charge in [0, 0.05) is 28.5 Å². The van der Waals surface area contributed by atoms with Crippen LogP contribution in [0.5, 0.6) is 0 Å². The molecule has 0 bridgehead atoms. The molecule has 1 amide bonds. The van der Waals surface area contributed by atoms with Crippen molar-refractivity contribution in [2.75, 3.05) is 12.4 Å². The minimum absolute atomic E-state index is 0.0666. The number of benzene rings is 1. The van der Waals surface area contributed by atoms with Gasteiger partial charge in [-0.3, -0.25) is 4.79 Å². The van der Waals surface area contributed by atoms with Gasteiger partial charge in [-0.2, -0.15) is 0 Å². The van der Waals surface area contributed by atoms with E-state index in [4.69, 9.17) is 0 Å². The molecular weight excluding hydrogens is 334 g/mol. The number of hydrogen-bond donors (Lipinski definition) is 0. The number of carbonyl (C=O) groups excluding carboxylic acids is 1. The van der Waals surface area contributed by atoms with E-state index in [1.54, 1.807) is 4.90 Å². The highest BCUT2D eigenvalue weighted by Crippen LogP contribution is 2.18. The number of hydrogen-bond acceptors (Lipinski definition) is 1. The van der Waals surface area contributed by atoms with E-state index in [0.717, 1.165) is 20.9 Å². The Hall–Kier alpha value is -0.350. The molecule has 4 heteroatoms. The Kier molecular flexibility index (Phi) is 4.99. The molecule has 2 nitrogen and oxygen atoms in total. The van der Waals surface area contributed by atoms with Crippen molar-refractivity contribution in [2.45, 2.75) is 19.9 Å². The highest BCUT2D eigenvalue weighted by molar-refractivity contribution is 9.10. The van der Waals surface area contributed by atoms with E-state index in [1.807, 2.05) is 39.1 Å². The van der Waals surface area contributed by atoms with Gasteiger partial charge in [0.1, 0.15) is 0 Å². The third-order valence-corrected chi connectivity index (χ3v) is 4.05. The summed E-state index contributed by atoms with van der Waals surface area (Å²) < 4.78 is 0.998. The molecule has 0 heterocycles. The second-order valence-corrected chi connectivity index (χ2v) is 5.44. The molecule has 0 saturated carbocycles. The molecule has 0 fully saturated rings. The number of amides is 1. The molecule has 88 valence electrons. The van der Waals surface area contributed by atoms with Crippen LogP contribution in [0.1, 0.15) is 22.8 Å². The van der Waals surface area contributed by atoms with Gasteiger partial charge in [-0.15, -0.1) is 0 Å². The van der Waals surface area contributed by atoms with Crippen molar-refractivity contribution in [1.82, 2.24) is 4.90 Å².